The lowest BCUT2D eigenvalue weighted by molar-refractivity contribution is -0.140. The fourth-order valence-electron chi connectivity index (χ4n) is 3.28. The van der Waals surface area contributed by atoms with Gasteiger partial charge in [-0.1, -0.05) is 32.3 Å². The number of aliphatic hydroxyl groups is 1. The molecule has 1 aliphatic heterocycles. The minimum absolute atomic E-state index is 0.257. The van der Waals surface area contributed by atoms with Gasteiger partial charge in [0.1, 0.15) is 0 Å². The topological polar surface area (TPSA) is 29.5 Å². The summed E-state index contributed by atoms with van der Waals surface area (Å²) >= 11 is 0. The number of rotatable bonds is 3. The Bertz CT molecular complexity index is 243. The van der Waals surface area contributed by atoms with Crippen LogP contribution in [0.3, 0.4) is 0 Å². The van der Waals surface area contributed by atoms with E-state index in [0.717, 1.165) is 12.8 Å². The van der Waals surface area contributed by atoms with Crippen LogP contribution in [-0.4, -0.2) is 17.5 Å². The van der Waals surface area contributed by atoms with Crippen molar-refractivity contribution in [3.63, 3.8) is 0 Å². The molecule has 92 valence electrons. The van der Waals surface area contributed by atoms with Gasteiger partial charge in [0, 0.05) is 5.92 Å². The van der Waals surface area contributed by atoms with Gasteiger partial charge in [0.15, 0.2) is 6.29 Å². The Hall–Kier alpha value is -0.340. The van der Waals surface area contributed by atoms with E-state index >= 15 is 0 Å². The third-order valence-electron chi connectivity index (χ3n) is 4.47. The van der Waals surface area contributed by atoms with Crippen LogP contribution in [0, 0.1) is 11.3 Å². The lowest BCUT2D eigenvalue weighted by atomic mass is 9.70. The maximum absolute atomic E-state index is 9.87. The van der Waals surface area contributed by atoms with Crippen LogP contribution in [0.2, 0.25) is 0 Å². The number of aliphatic hydroxyl groups excluding tert-OH is 1. The second-order valence-corrected chi connectivity index (χ2v) is 5.75. The molecule has 0 radical (unpaired) electrons. The molecule has 2 heteroatoms. The lowest BCUT2D eigenvalue weighted by Gasteiger charge is -2.38. The van der Waals surface area contributed by atoms with Crippen molar-refractivity contribution in [2.75, 3.05) is 0 Å². The minimum atomic E-state index is -0.568. The number of allylic oxidation sites excluding steroid dienone is 1. The highest BCUT2D eigenvalue weighted by molar-refractivity contribution is 4.93. The lowest BCUT2D eigenvalue weighted by Crippen LogP contribution is -2.34. The highest BCUT2D eigenvalue weighted by atomic mass is 16.6. The van der Waals surface area contributed by atoms with Gasteiger partial charge >= 0.3 is 0 Å². The zero-order valence-electron chi connectivity index (χ0n) is 10.3. The third kappa shape index (κ3) is 2.33. The SMILES string of the molecule is C=CCC1CC(C2(C)CCCCC2)OC1O. The highest BCUT2D eigenvalue weighted by Gasteiger charge is 2.44. The van der Waals surface area contributed by atoms with Gasteiger partial charge in [0.2, 0.25) is 0 Å². The highest BCUT2D eigenvalue weighted by Crippen LogP contribution is 2.46. The number of hydrogen-bond acceptors (Lipinski definition) is 2. The molecule has 1 N–H and O–H groups in total. The summed E-state index contributed by atoms with van der Waals surface area (Å²) in [6.07, 6.45) is 9.96. The standard InChI is InChI=1S/C14H24O2/c1-3-7-11-10-12(16-13(11)15)14(2)8-5-4-6-9-14/h3,11-13,15H,1,4-10H2,2H3. The van der Waals surface area contributed by atoms with Crippen LogP contribution < -0.4 is 0 Å². The van der Waals surface area contributed by atoms with E-state index in [9.17, 15) is 5.11 Å². The summed E-state index contributed by atoms with van der Waals surface area (Å²) in [4.78, 5) is 0. The molecule has 1 saturated heterocycles. The first-order chi connectivity index (χ1) is 7.65. The molecule has 1 heterocycles. The second-order valence-electron chi connectivity index (χ2n) is 5.75. The molecule has 0 aromatic rings. The number of ether oxygens (including phenoxy) is 1. The molecule has 3 unspecified atom stereocenters. The molecule has 0 aromatic carbocycles. The Balaban J connectivity index is 1.98. The van der Waals surface area contributed by atoms with Crippen molar-refractivity contribution in [2.24, 2.45) is 11.3 Å². The zero-order chi connectivity index (χ0) is 11.6. The Morgan fingerprint density at radius 3 is 2.69 bits per heavy atom. The van der Waals surface area contributed by atoms with E-state index in [0.29, 0.717) is 5.41 Å². The van der Waals surface area contributed by atoms with Crippen molar-refractivity contribution in [1.29, 1.82) is 0 Å². The molecule has 2 rings (SSSR count). The van der Waals surface area contributed by atoms with Crippen LogP contribution in [0.4, 0.5) is 0 Å². The molecular weight excluding hydrogens is 200 g/mol. The van der Waals surface area contributed by atoms with Crippen molar-refractivity contribution in [1.82, 2.24) is 0 Å². The van der Waals surface area contributed by atoms with E-state index in [1.165, 1.54) is 32.1 Å². The first kappa shape index (κ1) is 12.1. The molecular formula is C14H24O2. The Labute approximate surface area is 98.7 Å². The Morgan fingerprint density at radius 2 is 2.06 bits per heavy atom. The van der Waals surface area contributed by atoms with Gasteiger partial charge in [0.25, 0.3) is 0 Å². The van der Waals surface area contributed by atoms with Crippen LogP contribution in [0.5, 0.6) is 0 Å². The molecule has 16 heavy (non-hydrogen) atoms. The second kappa shape index (κ2) is 4.89. The Kier molecular flexibility index (Phi) is 3.70. The van der Waals surface area contributed by atoms with E-state index in [1.54, 1.807) is 0 Å². The molecule has 1 aliphatic carbocycles. The van der Waals surface area contributed by atoms with Gasteiger partial charge < -0.3 is 9.84 Å². The van der Waals surface area contributed by atoms with Crippen molar-refractivity contribution >= 4 is 0 Å². The first-order valence-corrected chi connectivity index (χ1v) is 6.60. The summed E-state index contributed by atoms with van der Waals surface area (Å²) in [5.41, 5.74) is 0.301. The summed E-state index contributed by atoms with van der Waals surface area (Å²) in [7, 11) is 0. The van der Waals surface area contributed by atoms with Crippen LogP contribution >= 0.6 is 0 Å². The molecule has 2 aliphatic rings. The van der Waals surface area contributed by atoms with E-state index < -0.39 is 6.29 Å². The smallest absolute Gasteiger partial charge is 0.158 e. The predicted molar refractivity (Wildman–Crippen MR) is 65.0 cm³/mol. The normalized spacial score (nSPS) is 38.5. The molecule has 2 nitrogen and oxygen atoms in total. The van der Waals surface area contributed by atoms with Crippen molar-refractivity contribution in [3.05, 3.63) is 12.7 Å². The van der Waals surface area contributed by atoms with E-state index in [4.69, 9.17) is 4.74 Å². The minimum Gasteiger partial charge on any atom is -0.368 e. The van der Waals surface area contributed by atoms with Gasteiger partial charge in [0.05, 0.1) is 6.10 Å². The van der Waals surface area contributed by atoms with Crippen LogP contribution in [0.1, 0.15) is 51.9 Å². The average molecular weight is 224 g/mol. The monoisotopic (exact) mass is 224 g/mol. The largest absolute Gasteiger partial charge is 0.368 e. The van der Waals surface area contributed by atoms with Crippen LogP contribution in [0.25, 0.3) is 0 Å². The molecule has 0 spiro atoms. The quantitative estimate of drug-likeness (QED) is 0.746. The molecule has 0 aromatic heterocycles. The van der Waals surface area contributed by atoms with Crippen LogP contribution in [0.15, 0.2) is 12.7 Å². The molecule has 2 fully saturated rings. The predicted octanol–water partition coefficient (Wildman–Crippen LogP) is 3.26. The summed E-state index contributed by atoms with van der Waals surface area (Å²) in [5, 5.41) is 9.87. The number of hydrogen-bond donors (Lipinski definition) is 1. The third-order valence-corrected chi connectivity index (χ3v) is 4.47. The summed E-state index contributed by atoms with van der Waals surface area (Å²) in [6.45, 7) is 6.08. The fraction of sp³-hybridized carbons (Fsp3) is 0.857. The van der Waals surface area contributed by atoms with Gasteiger partial charge in [-0.3, -0.25) is 0 Å². The van der Waals surface area contributed by atoms with Gasteiger partial charge in [-0.15, -0.1) is 6.58 Å². The van der Waals surface area contributed by atoms with E-state index in [-0.39, 0.29) is 12.0 Å². The molecule has 0 bridgehead atoms. The summed E-state index contributed by atoms with van der Waals surface area (Å²) < 4.78 is 5.78. The van der Waals surface area contributed by atoms with Crippen molar-refractivity contribution in [3.8, 4) is 0 Å². The van der Waals surface area contributed by atoms with Gasteiger partial charge in [-0.2, -0.15) is 0 Å². The first-order valence-electron chi connectivity index (χ1n) is 6.60. The summed E-state index contributed by atoms with van der Waals surface area (Å²) in [6, 6.07) is 0. The fourth-order valence-corrected chi connectivity index (χ4v) is 3.28. The van der Waals surface area contributed by atoms with Crippen molar-refractivity contribution < 1.29 is 9.84 Å². The molecule has 0 amide bonds. The zero-order valence-corrected chi connectivity index (χ0v) is 10.3. The van der Waals surface area contributed by atoms with Crippen LogP contribution in [-0.2, 0) is 4.74 Å². The Morgan fingerprint density at radius 1 is 1.38 bits per heavy atom. The van der Waals surface area contributed by atoms with Gasteiger partial charge in [-0.25, -0.2) is 0 Å². The maximum atomic E-state index is 9.87. The van der Waals surface area contributed by atoms with Gasteiger partial charge in [-0.05, 0) is 31.1 Å². The van der Waals surface area contributed by atoms with E-state index in [1.807, 2.05) is 6.08 Å². The van der Waals surface area contributed by atoms with E-state index in [2.05, 4.69) is 13.5 Å². The maximum Gasteiger partial charge on any atom is 0.158 e. The molecule has 1 saturated carbocycles. The average Bonchev–Trinajstić information content (AvgIpc) is 2.63. The molecule has 3 atom stereocenters. The van der Waals surface area contributed by atoms with Crippen molar-refractivity contribution in [2.45, 2.75) is 64.3 Å². The summed E-state index contributed by atoms with van der Waals surface area (Å²) in [5.74, 6) is 0.265.